The first-order valence-corrected chi connectivity index (χ1v) is 6.64. The van der Waals surface area contributed by atoms with Crippen molar-refractivity contribution in [3.8, 4) is 5.88 Å². The van der Waals surface area contributed by atoms with Gasteiger partial charge in [0.25, 0.3) is 0 Å². The van der Waals surface area contributed by atoms with E-state index in [4.69, 9.17) is 9.47 Å². The van der Waals surface area contributed by atoms with Gasteiger partial charge in [0.1, 0.15) is 5.69 Å². The molecule has 100 valence electrons. The summed E-state index contributed by atoms with van der Waals surface area (Å²) in [5, 5.41) is 7.23. The second-order valence-electron chi connectivity index (χ2n) is 4.45. The second-order valence-corrected chi connectivity index (χ2v) is 5.08. The molecule has 0 spiro atoms. The van der Waals surface area contributed by atoms with Crippen LogP contribution in [0.3, 0.4) is 0 Å². The van der Waals surface area contributed by atoms with Crippen LogP contribution in [0.25, 0.3) is 0 Å². The first-order valence-electron chi connectivity index (χ1n) is 5.80. The van der Waals surface area contributed by atoms with Gasteiger partial charge in [-0.15, -0.1) is 0 Å². The minimum Gasteiger partial charge on any atom is -0.479 e. The van der Waals surface area contributed by atoms with Crippen LogP contribution in [-0.4, -0.2) is 36.3 Å². The Hall–Kier alpha value is -1.34. The van der Waals surface area contributed by atoms with Gasteiger partial charge < -0.3 is 20.1 Å². The zero-order chi connectivity index (χ0) is 13.0. The Morgan fingerprint density at radius 3 is 3.22 bits per heavy atom. The number of nitrogens with one attached hydrogen (secondary N) is 2. The standard InChI is InChI=1S/C11H17N3O3S/c1-11(4-3-5-17-11)7-12-10(15)13-8-6-18-14-9(8)16-2/h6H,3-5,7H2,1-2H3,(H2,12,13,15). The van der Waals surface area contributed by atoms with E-state index in [1.54, 1.807) is 5.38 Å². The number of carbonyl (C=O) groups is 1. The van der Waals surface area contributed by atoms with E-state index in [-0.39, 0.29) is 11.6 Å². The number of hydrogen-bond acceptors (Lipinski definition) is 5. The van der Waals surface area contributed by atoms with Gasteiger partial charge in [-0.1, -0.05) is 0 Å². The first-order chi connectivity index (χ1) is 8.63. The monoisotopic (exact) mass is 271 g/mol. The lowest BCUT2D eigenvalue weighted by atomic mass is 10.0. The van der Waals surface area contributed by atoms with Crippen molar-refractivity contribution in [1.29, 1.82) is 0 Å². The molecule has 2 rings (SSSR count). The summed E-state index contributed by atoms with van der Waals surface area (Å²) in [6.07, 6.45) is 2.01. The Labute approximate surface area is 110 Å². The van der Waals surface area contributed by atoms with E-state index in [0.29, 0.717) is 18.1 Å². The molecule has 1 aromatic heterocycles. The van der Waals surface area contributed by atoms with Gasteiger partial charge in [-0.2, -0.15) is 4.37 Å². The molecule has 0 bridgehead atoms. The van der Waals surface area contributed by atoms with Crippen molar-refractivity contribution in [1.82, 2.24) is 9.69 Å². The van der Waals surface area contributed by atoms with Crippen molar-refractivity contribution >= 4 is 23.3 Å². The Kier molecular flexibility index (Phi) is 4.03. The molecule has 1 unspecified atom stereocenters. The molecule has 2 heterocycles. The zero-order valence-corrected chi connectivity index (χ0v) is 11.3. The normalized spacial score (nSPS) is 22.8. The fourth-order valence-electron chi connectivity index (χ4n) is 1.87. The van der Waals surface area contributed by atoms with Crippen molar-refractivity contribution < 1.29 is 14.3 Å². The second kappa shape index (κ2) is 5.53. The van der Waals surface area contributed by atoms with Crippen LogP contribution < -0.4 is 15.4 Å². The van der Waals surface area contributed by atoms with E-state index < -0.39 is 0 Å². The highest BCUT2D eigenvalue weighted by Crippen LogP contribution is 2.25. The first kappa shape index (κ1) is 13.1. The van der Waals surface area contributed by atoms with Crippen molar-refractivity contribution in [2.24, 2.45) is 0 Å². The molecule has 2 N–H and O–H groups in total. The number of nitrogens with zero attached hydrogens (tertiary/aromatic N) is 1. The summed E-state index contributed by atoms with van der Waals surface area (Å²) >= 11 is 1.23. The fraction of sp³-hybridized carbons (Fsp3) is 0.636. The van der Waals surface area contributed by atoms with Gasteiger partial charge in [-0.05, 0) is 31.3 Å². The summed E-state index contributed by atoms with van der Waals surface area (Å²) in [5.74, 6) is 0.429. The van der Waals surface area contributed by atoms with Crippen LogP contribution in [0.4, 0.5) is 10.5 Å². The number of ether oxygens (including phenoxy) is 2. The van der Waals surface area contributed by atoms with E-state index in [1.165, 1.54) is 18.6 Å². The third kappa shape index (κ3) is 3.11. The van der Waals surface area contributed by atoms with Gasteiger partial charge in [-0.25, -0.2) is 4.79 Å². The molecule has 1 fully saturated rings. The maximum Gasteiger partial charge on any atom is 0.319 e. The topological polar surface area (TPSA) is 72.5 Å². The molecule has 1 saturated heterocycles. The molecule has 7 heteroatoms. The van der Waals surface area contributed by atoms with E-state index in [9.17, 15) is 4.79 Å². The molecular weight excluding hydrogens is 254 g/mol. The predicted octanol–water partition coefficient (Wildman–Crippen LogP) is 1.84. The molecule has 1 atom stereocenters. The van der Waals surface area contributed by atoms with Crippen molar-refractivity contribution in [2.45, 2.75) is 25.4 Å². The number of amides is 2. The van der Waals surface area contributed by atoms with Crippen LogP contribution in [0.2, 0.25) is 0 Å². The zero-order valence-electron chi connectivity index (χ0n) is 10.5. The Morgan fingerprint density at radius 1 is 1.72 bits per heavy atom. The van der Waals surface area contributed by atoms with Crippen molar-refractivity contribution in [3.05, 3.63) is 5.38 Å². The molecule has 1 aromatic rings. The average Bonchev–Trinajstić information content (AvgIpc) is 2.96. The van der Waals surface area contributed by atoms with Crippen LogP contribution >= 0.6 is 11.5 Å². The molecule has 2 amide bonds. The van der Waals surface area contributed by atoms with Crippen LogP contribution in [0, 0.1) is 0 Å². The molecule has 1 aliphatic heterocycles. The number of rotatable bonds is 4. The quantitative estimate of drug-likeness (QED) is 0.876. The summed E-state index contributed by atoms with van der Waals surface area (Å²) < 4.78 is 14.6. The molecule has 0 aliphatic carbocycles. The molecule has 6 nitrogen and oxygen atoms in total. The lowest BCUT2D eigenvalue weighted by molar-refractivity contribution is 0.0232. The molecule has 0 radical (unpaired) electrons. The predicted molar refractivity (Wildman–Crippen MR) is 69.3 cm³/mol. The largest absolute Gasteiger partial charge is 0.479 e. The average molecular weight is 271 g/mol. The van der Waals surface area contributed by atoms with Gasteiger partial charge in [0.2, 0.25) is 5.88 Å². The summed E-state index contributed by atoms with van der Waals surface area (Å²) in [5.41, 5.74) is 0.339. The minimum atomic E-state index is -0.273. The van der Waals surface area contributed by atoms with E-state index in [2.05, 4.69) is 15.0 Å². The van der Waals surface area contributed by atoms with Gasteiger partial charge in [0.05, 0.1) is 12.7 Å². The van der Waals surface area contributed by atoms with E-state index >= 15 is 0 Å². The van der Waals surface area contributed by atoms with Gasteiger partial charge in [0.15, 0.2) is 0 Å². The van der Waals surface area contributed by atoms with Crippen LogP contribution in [0.5, 0.6) is 5.88 Å². The van der Waals surface area contributed by atoms with Crippen LogP contribution in [0.15, 0.2) is 5.38 Å². The van der Waals surface area contributed by atoms with Gasteiger partial charge in [-0.3, -0.25) is 0 Å². The molecule has 18 heavy (non-hydrogen) atoms. The Bertz CT molecular complexity index is 415. The number of methoxy groups -OCH3 is 1. The summed E-state index contributed by atoms with van der Waals surface area (Å²) in [6, 6.07) is -0.273. The van der Waals surface area contributed by atoms with Crippen LogP contribution in [0.1, 0.15) is 19.8 Å². The Balaban J connectivity index is 1.82. The summed E-state index contributed by atoms with van der Waals surface area (Å²) in [4.78, 5) is 11.7. The minimum absolute atomic E-state index is 0.242. The smallest absolute Gasteiger partial charge is 0.319 e. The molecule has 0 aromatic carbocycles. The highest BCUT2D eigenvalue weighted by atomic mass is 32.1. The molecule has 1 aliphatic rings. The number of anilines is 1. The summed E-state index contributed by atoms with van der Waals surface area (Å²) in [7, 11) is 1.52. The van der Waals surface area contributed by atoms with Gasteiger partial charge in [0, 0.05) is 18.5 Å². The van der Waals surface area contributed by atoms with Crippen LogP contribution in [-0.2, 0) is 4.74 Å². The lowest BCUT2D eigenvalue weighted by Gasteiger charge is -2.23. The molecule has 0 saturated carbocycles. The van der Waals surface area contributed by atoms with E-state index in [0.717, 1.165) is 19.4 Å². The third-order valence-corrected chi connectivity index (χ3v) is 3.51. The number of carbonyl (C=O) groups excluding carboxylic acids is 1. The lowest BCUT2D eigenvalue weighted by Crippen LogP contribution is -2.41. The highest BCUT2D eigenvalue weighted by Gasteiger charge is 2.30. The van der Waals surface area contributed by atoms with Crippen molar-refractivity contribution in [2.75, 3.05) is 25.6 Å². The number of hydrogen-bond donors (Lipinski definition) is 2. The number of urea groups is 1. The Morgan fingerprint density at radius 2 is 2.56 bits per heavy atom. The van der Waals surface area contributed by atoms with Crippen molar-refractivity contribution in [3.63, 3.8) is 0 Å². The number of aromatic nitrogens is 1. The maximum absolute atomic E-state index is 11.7. The fourth-order valence-corrected chi connectivity index (χ4v) is 2.45. The maximum atomic E-state index is 11.7. The SMILES string of the molecule is COc1nscc1NC(=O)NCC1(C)CCCO1. The third-order valence-electron chi connectivity index (χ3n) is 2.90. The van der Waals surface area contributed by atoms with Gasteiger partial charge >= 0.3 is 6.03 Å². The summed E-state index contributed by atoms with van der Waals surface area (Å²) in [6.45, 7) is 3.27. The molecular formula is C11H17N3O3S. The van der Waals surface area contributed by atoms with E-state index in [1.807, 2.05) is 6.92 Å². The highest BCUT2D eigenvalue weighted by molar-refractivity contribution is 7.04.